The molecule has 3 aliphatic carbocycles. The van der Waals surface area contributed by atoms with E-state index in [-0.39, 0.29) is 35.3 Å². The van der Waals surface area contributed by atoms with E-state index < -0.39 is 112 Å². The maximum atomic E-state index is 15.8. The molecule has 5 aliphatic rings. The fourth-order valence-electron chi connectivity index (χ4n) is 11.2. The van der Waals surface area contributed by atoms with Crippen LogP contribution in [0.15, 0.2) is 102 Å². The zero-order valence-electron chi connectivity index (χ0n) is 36.4. The summed E-state index contributed by atoms with van der Waals surface area (Å²) < 4.78 is 50.0. The first-order chi connectivity index (χ1) is 30.5. The van der Waals surface area contributed by atoms with Crippen molar-refractivity contribution in [3.63, 3.8) is 0 Å². The number of hydrogen-bond acceptors (Lipinski definition) is 15. The fourth-order valence-corrected chi connectivity index (χ4v) is 11.2. The minimum Gasteiger partial charge on any atom is -0.454 e. The van der Waals surface area contributed by atoms with Gasteiger partial charge in [-0.2, -0.15) is 0 Å². The normalized spacial score (nSPS) is 33.2. The van der Waals surface area contributed by atoms with Crippen LogP contribution in [0.2, 0.25) is 0 Å². The summed E-state index contributed by atoms with van der Waals surface area (Å²) in [6.07, 6.45) is -11.5. The van der Waals surface area contributed by atoms with Gasteiger partial charge in [-0.25, -0.2) is 14.4 Å². The number of nitrogens with one attached hydrogen (secondary N) is 1. The molecule has 3 aromatic rings. The number of fused-ring (bicyclic) bond motifs is 4. The minimum absolute atomic E-state index is 0.0773. The Bertz CT molecular complexity index is 2370. The molecule has 338 valence electrons. The van der Waals surface area contributed by atoms with Crippen molar-refractivity contribution >= 4 is 35.8 Å². The average molecular weight is 882 g/mol. The zero-order chi connectivity index (χ0) is 45.9. The number of benzene rings is 3. The number of aliphatic hydroxyl groups excluding tert-OH is 1. The van der Waals surface area contributed by atoms with Crippen LogP contribution < -0.4 is 5.32 Å². The van der Waals surface area contributed by atoms with Crippen LogP contribution in [0.5, 0.6) is 0 Å². The molecule has 64 heavy (non-hydrogen) atoms. The highest BCUT2D eigenvalue weighted by molar-refractivity contribution is 5.96. The second-order valence-corrected chi connectivity index (χ2v) is 17.7. The Morgan fingerprint density at radius 3 is 2.02 bits per heavy atom. The first-order valence-corrected chi connectivity index (χ1v) is 21.0. The molecular formula is C48H51NO15. The lowest BCUT2D eigenvalue weighted by atomic mass is 9.44. The third-order valence-electron chi connectivity index (χ3n) is 14.1. The van der Waals surface area contributed by atoms with E-state index in [1.807, 2.05) is 0 Å². The first-order valence-electron chi connectivity index (χ1n) is 21.0. The quantitative estimate of drug-likeness (QED) is 0.153. The SMILES string of the molecule is CO[C@H]1C(=O)[C@]2(C)[C@@H](OC)C[C@H]3OC[C@@]3(OC(C)=O)[C@H]2[C@H](OC(=O)c2ccccc2)[C@]23OC(=O)O[C@H]2[C@H](OC(=O)[C@H](O)[C@@H](NC(=O)c2ccccc2)c2ccccc2)C(C)=C1C3(C)C. The summed E-state index contributed by atoms with van der Waals surface area (Å²) in [6, 6.07) is 23.2. The van der Waals surface area contributed by atoms with Crippen molar-refractivity contribution in [1.82, 2.24) is 5.32 Å². The summed E-state index contributed by atoms with van der Waals surface area (Å²) in [5.41, 5.74) is -6.02. The van der Waals surface area contributed by atoms with Crippen molar-refractivity contribution in [2.45, 2.75) is 101 Å². The van der Waals surface area contributed by atoms with Crippen LogP contribution in [0.4, 0.5) is 4.79 Å². The van der Waals surface area contributed by atoms with Gasteiger partial charge in [0.15, 0.2) is 35.8 Å². The number of methoxy groups -OCH3 is 2. The summed E-state index contributed by atoms with van der Waals surface area (Å²) in [6.45, 7) is 7.52. The van der Waals surface area contributed by atoms with Gasteiger partial charge in [0.25, 0.3) is 5.91 Å². The van der Waals surface area contributed by atoms with Crippen LogP contribution in [0.1, 0.15) is 73.4 Å². The topological polar surface area (TPSA) is 209 Å². The lowest BCUT2D eigenvalue weighted by Crippen LogP contribution is -2.83. The Balaban J connectivity index is 1.32. The molecule has 2 aliphatic heterocycles. The van der Waals surface area contributed by atoms with Crippen molar-refractivity contribution in [1.29, 1.82) is 0 Å². The number of esters is 3. The third kappa shape index (κ3) is 6.72. The van der Waals surface area contributed by atoms with E-state index in [0.717, 1.165) is 0 Å². The van der Waals surface area contributed by atoms with Crippen molar-refractivity contribution in [3.05, 3.63) is 119 Å². The standard InChI is InChI=1S/C48H51NO15/c1-25-32-36(58-7)38(52)46(5)30(57-6)23-31-47(24-59-31,63-26(2)50)37(46)40(61-42(54)29-21-15-10-16-22-29)48(45(32,3)4)39(62-44(56)64-48)35(25)60-43(55)34(51)33(27-17-11-8-12-18-27)49-41(53)28-19-13-9-14-20-28/h8-22,30-31,33-37,39-40,51H,23-24H2,1-7H3,(H,49,53)/t30-,31+,33-,34+,35+,36+,37-,39-,40-,46+,47-,48+/m0/s1. The molecular weight excluding hydrogens is 831 g/mol. The van der Waals surface area contributed by atoms with Crippen molar-refractivity contribution in [3.8, 4) is 0 Å². The highest BCUT2D eigenvalue weighted by atomic mass is 16.8. The maximum absolute atomic E-state index is 15.8. The molecule has 0 aromatic heterocycles. The van der Waals surface area contributed by atoms with Gasteiger partial charge in [-0.3, -0.25) is 14.4 Å². The van der Waals surface area contributed by atoms with E-state index in [1.54, 1.807) is 107 Å². The van der Waals surface area contributed by atoms with Crippen LogP contribution in [0.25, 0.3) is 0 Å². The van der Waals surface area contributed by atoms with Gasteiger partial charge < -0.3 is 48.3 Å². The molecule has 1 spiro atoms. The molecule has 1 amide bonds. The number of ether oxygens (including phenoxy) is 8. The first kappa shape index (κ1) is 44.7. The number of hydrogen-bond donors (Lipinski definition) is 2. The molecule has 3 aromatic carbocycles. The summed E-state index contributed by atoms with van der Waals surface area (Å²) in [7, 11) is 2.75. The van der Waals surface area contributed by atoms with Gasteiger partial charge in [0.2, 0.25) is 5.60 Å². The molecule has 16 heteroatoms. The highest BCUT2D eigenvalue weighted by Gasteiger charge is 2.83. The summed E-state index contributed by atoms with van der Waals surface area (Å²) in [4.78, 5) is 85.7. The van der Waals surface area contributed by atoms with E-state index in [9.17, 15) is 29.1 Å². The smallest absolute Gasteiger partial charge is 0.454 e. The molecule has 0 unspecified atom stereocenters. The second kappa shape index (κ2) is 16.6. The number of aliphatic hydroxyl groups is 1. The van der Waals surface area contributed by atoms with E-state index in [2.05, 4.69) is 5.32 Å². The van der Waals surface area contributed by atoms with Crippen molar-refractivity contribution in [2.75, 3.05) is 20.8 Å². The van der Waals surface area contributed by atoms with Crippen LogP contribution >= 0.6 is 0 Å². The average Bonchev–Trinajstić information content (AvgIpc) is 3.65. The molecule has 4 fully saturated rings. The van der Waals surface area contributed by atoms with Gasteiger partial charge in [0.05, 0.1) is 35.6 Å². The van der Waals surface area contributed by atoms with Gasteiger partial charge in [-0.15, -0.1) is 0 Å². The fraction of sp³-hybridized carbons (Fsp3) is 0.458. The Kier molecular flexibility index (Phi) is 11.6. The van der Waals surface area contributed by atoms with E-state index >= 15 is 4.79 Å². The van der Waals surface area contributed by atoms with E-state index in [0.29, 0.717) is 5.56 Å². The summed E-state index contributed by atoms with van der Waals surface area (Å²) >= 11 is 0. The summed E-state index contributed by atoms with van der Waals surface area (Å²) in [5.74, 6) is -5.40. The lowest BCUT2D eigenvalue weighted by molar-refractivity contribution is -0.347. The predicted molar refractivity (Wildman–Crippen MR) is 222 cm³/mol. The molecule has 2 bridgehead atoms. The number of rotatable bonds is 11. The second-order valence-electron chi connectivity index (χ2n) is 17.7. The van der Waals surface area contributed by atoms with Crippen LogP contribution in [0, 0.1) is 16.7 Å². The number of carbonyl (C=O) groups excluding carboxylic acids is 6. The minimum atomic E-state index is -2.20. The Hall–Kier alpha value is -5.94. The van der Waals surface area contributed by atoms with E-state index in [4.69, 9.17) is 37.9 Å². The van der Waals surface area contributed by atoms with Gasteiger partial charge in [0, 0.05) is 38.5 Å². The van der Waals surface area contributed by atoms with Crippen LogP contribution in [-0.4, -0.2) is 116 Å². The van der Waals surface area contributed by atoms with Gasteiger partial charge in [-0.1, -0.05) is 80.6 Å². The van der Waals surface area contributed by atoms with Crippen LogP contribution in [0.3, 0.4) is 0 Å². The molecule has 0 radical (unpaired) electrons. The predicted octanol–water partition coefficient (Wildman–Crippen LogP) is 4.63. The molecule has 8 rings (SSSR count). The number of amides is 1. The Morgan fingerprint density at radius 2 is 1.45 bits per heavy atom. The summed E-state index contributed by atoms with van der Waals surface area (Å²) in [5, 5.41) is 14.7. The molecule has 12 atom stereocenters. The van der Waals surface area contributed by atoms with Gasteiger partial charge in [0.1, 0.15) is 12.2 Å². The van der Waals surface area contributed by atoms with Crippen molar-refractivity contribution in [2.24, 2.45) is 16.7 Å². The molecule has 16 nitrogen and oxygen atoms in total. The van der Waals surface area contributed by atoms with E-state index in [1.165, 1.54) is 33.3 Å². The van der Waals surface area contributed by atoms with Crippen LogP contribution in [-0.2, 0) is 52.3 Å². The maximum Gasteiger partial charge on any atom is 0.509 e. The number of carbonyl (C=O) groups is 6. The monoisotopic (exact) mass is 881 g/mol. The van der Waals surface area contributed by atoms with Gasteiger partial charge in [-0.05, 0) is 54.8 Å². The van der Waals surface area contributed by atoms with Crippen molar-refractivity contribution < 1.29 is 71.8 Å². The molecule has 2 saturated carbocycles. The molecule has 2 heterocycles. The lowest BCUT2D eigenvalue weighted by Gasteiger charge is -2.67. The largest absolute Gasteiger partial charge is 0.509 e. The number of ketones is 1. The molecule has 2 saturated heterocycles. The third-order valence-corrected chi connectivity index (χ3v) is 14.1. The Morgan fingerprint density at radius 1 is 0.844 bits per heavy atom. The number of Topliss-reactive ketones (excluding diaryl/α,β-unsaturated/α-hetero) is 1. The molecule has 2 N–H and O–H groups in total. The highest BCUT2D eigenvalue weighted by Crippen LogP contribution is 2.67. The van der Waals surface area contributed by atoms with Gasteiger partial charge >= 0.3 is 24.1 Å². The Labute approximate surface area is 369 Å². The zero-order valence-corrected chi connectivity index (χ0v) is 36.4.